The number of urea groups is 1. The molecule has 2 aromatic heterocycles. The second-order valence-corrected chi connectivity index (χ2v) is 11.8. The fourth-order valence-electron chi connectivity index (χ4n) is 5.95. The number of aryl methyl sites for hydroxylation is 1. The predicted molar refractivity (Wildman–Crippen MR) is 168 cm³/mol. The third kappa shape index (κ3) is 5.25. The number of methoxy groups -OCH3 is 2. The number of rotatable bonds is 9. The maximum Gasteiger partial charge on any atom is 0.334 e. The summed E-state index contributed by atoms with van der Waals surface area (Å²) < 4.78 is 16.9. The van der Waals surface area contributed by atoms with Crippen molar-refractivity contribution in [2.75, 3.05) is 43.7 Å². The molecule has 6 rings (SSSR count). The average molecular weight is 616 g/mol. The maximum absolute atomic E-state index is 14.8. The second kappa shape index (κ2) is 12.2. The quantitative estimate of drug-likeness (QED) is 0.273. The summed E-state index contributed by atoms with van der Waals surface area (Å²) in [5.41, 5.74) is 8.44. The van der Waals surface area contributed by atoms with Crippen LogP contribution in [0.2, 0.25) is 0 Å². The standard InChI is InChI=1S/C32H33N5O6S/c1-19-8-6-10-21(16-19)43-24-12-5-4-11-22(24)37-23-13-14-34-30-26(23)27(28(44-30)29(33)38)36(32(37)40)20-9-7-15-35(17-20)31(39)25(42-3)18-41-2/h4-6,8,10-14,16,20,25H,7,9,15,17-18H2,1-3H3,(H2,33,38). The van der Waals surface area contributed by atoms with Crippen LogP contribution in [0.5, 0.6) is 11.5 Å². The molecule has 2 aliphatic rings. The lowest BCUT2D eigenvalue weighted by Crippen LogP contribution is -2.57. The fraction of sp³-hybridized carbons (Fsp3) is 0.312. The molecule has 11 nitrogen and oxygen atoms in total. The molecule has 1 saturated heterocycles. The molecule has 0 radical (unpaired) electrons. The lowest BCUT2D eigenvalue weighted by molar-refractivity contribution is -0.146. The Morgan fingerprint density at radius 2 is 1.93 bits per heavy atom. The van der Waals surface area contributed by atoms with Gasteiger partial charge in [0.25, 0.3) is 11.8 Å². The minimum Gasteiger partial charge on any atom is -0.455 e. The largest absolute Gasteiger partial charge is 0.455 e. The monoisotopic (exact) mass is 615 g/mol. The highest BCUT2D eigenvalue weighted by molar-refractivity contribution is 7.21. The fourth-order valence-corrected chi connectivity index (χ4v) is 6.96. The number of ether oxygens (including phenoxy) is 3. The van der Waals surface area contributed by atoms with Crippen molar-refractivity contribution in [2.24, 2.45) is 5.73 Å². The summed E-state index contributed by atoms with van der Waals surface area (Å²) in [6.07, 6.45) is 2.11. The molecular formula is C32H33N5O6S. The Labute approximate surface area is 258 Å². The molecule has 12 heteroatoms. The van der Waals surface area contributed by atoms with E-state index in [0.29, 0.717) is 58.2 Å². The third-order valence-corrected chi connectivity index (χ3v) is 9.02. The summed E-state index contributed by atoms with van der Waals surface area (Å²) in [5.74, 6) is 0.251. The predicted octanol–water partition coefficient (Wildman–Crippen LogP) is 5.23. The summed E-state index contributed by atoms with van der Waals surface area (Å²) in [4.78, 5) is 51.2. The Kier molecular flexibility index (Phi) is 8.21. The van der Waals surface area contributed by atoms with E-state index < -0.39 is 18.1 Å². The maximum atomic E-state index is 14.8. The van der Waals surface area contributed by atoms with Gasteiger partial charge in [0.2, 0.25) is 0 Å². The van der Waals surface area contributed by atoms with E-state index in [1.165, 1.54) is 14.2 Å². The van der Waals surface area contributed by atoms with Gasteiger partial charge in [-0.3, -0.25) is 19.4 Å². The van der Waals surface area contributed by atoms with E-state index in [4.69, 9.17) is 19.9 Å². The van der Waals surface area contributed by atoms with Crippen LogP contribution in [0.25, 0.3) is 10.2 Å². The molecule has 4 heterocycles. The summed E-state index contributed by atoms with van der Waals surface area (Å²) in [6.45, 7) is 2.85. The van der Waals surface area contributed by atoms with Crippen LogP contribution in [-0.2, 0) is 14.3 Å². The van der Waals surface area contributed by atoms with Crippen LogP contribution in [-0.4, -0.2) is 73.8 Å². The van der Waals surface area contributed by atoms with Gasteiger partial charge in [-0.15, -0.1) is 11.3 Å². The van der Waals surface area contributed by atoms with Gasteiger partial charge in [0.1, 0.15) is 15.5 Å². The third-order valence-electron chi connectivity index (χ3n) is 7.92. The highest BCUT2D eigenvalue weighted by Gasteiger charge is 2.44. The molecule has 0 spiro atoms. The number of nitrogens with zero attached hydrogens (tertiary/aromatic N) is 4. The van der Waals surface area contributed by atoms with Gasteiger partial charge in [-0.2, -0.15) is 0 Å². The molecule has 228 valence electrons. The minimum absolute atomic E-state index is 0.112. The number of thiophene rings is 1. The van der Waals surface area contributed by atoms with Crippen LogP contribution in [0.1, 0.15) is 28.1 Å². The molecule has 2 aromatic carbocycles. The first kappa shape index (κ1) is 29.5. The molecule has 44 heavy (non-hydrogen) atoms. The van der Waals surface area contributed by atoms with E-state index in [9.17, 15) is 14.4 Å². The van der Waals surface area contributed by atoms with Gasteiger partial charge in [0, 0.05) is 33.5 Å². The molecule has 0 bridgehead atoms. The van der Waals surface area contributed by atoms with Gasteiger partial charge in [0.15, 0.2) is 11.9 Å². The molecule has 2 N–H and O–H groups in total. The first-order valence-electron chi connectivity index (χ1n) is 14.3. The number of benzene rings is 2. The smallest absolute Gasteiger partial charge is 0.334 e. The average Bonchev–Trinajstić information content (AvgIpc) is 3.41. The molecule has 4 amide bonds. The van der Waals surface area contributed by atoms with E-state index in [2.05, 4.69) is 4.98 Å². The summed E-state index contributed by atoms with van der Waals surface area (Å²) in [5, 5.41) is 0.647. The van der Waals surface area contributed by atoms with Crippen LogP contribution in [0.4, 0.5) is 21.9 Å². The Morgan fingerprint density at radius 1 is 1.11 bits per heavy atom. The molecule has 0 saturated carbocycles. The number of para-hydroxylation sites is 2. The van der Waals surface area contributed by atoms with Gasteiger partial charge >= 0.3 is 6.03 Å². The molecule has 1 fully saturated rings. The first-order chi connectivity index (χ1) is 21.3. The topological polar surface area (TPSA) is 128 Å². The molecule has 2 aliphatic heterocycles. The van der Waals surface area contributed by atoms with Crippen molar-refractivity contribution >= 4 is 56.5 Å². The van der Waals surface area contributed by atoms with E-state index in [-0.39, 0.29) is 30.0 Å². The van der Waals surface area contributed by atoms with Crippen molar-refractivity contribution in [2.45, 2.75) is 31.9 Å². The van der Waals surface area contributed by atoms with Crippen LogP contribution in [0, 0.1) is 6.92 Å². The Bertz CT molecular complexity index is 1740. The number of hydrogen-bond acceptors (Lipinski definition) is 8. The molecular weight excluding hydrogens is 582 g/mol. The molecule has 2 unspecified atom stereocenters. The summed E-state index contributed by atoms with van der Waals surface area (Å²) in [6, 6.07) is 15.9. The Morgan fingerprint density at radius 3 is 2.68 bits per heavy atom. The van der Waals surface area contributed by atoms with Gasteiger partial charge in [0.05, 0.1) is 35.1 Å². The van der Waals surface area contributed by atoms with E-state index in [1.807, 2.05) is 55.5 Å². The zero-order valence-electron chi connectivity index (χ0n) is 24.7. The van der Waals surface area contributed by atoms with E-state index in [1.54, 1.807) is 27.0 Å². The van der Waals surface area contributed by atoms with Crippen LogP contribution < -0.4 is 20.3 Å². The van der Waals surface area contributed by atoms with Crippen LogP contribution in [0.3, 0.4) is 0 Å². The highest BCUT2D eigenvalue weighted by atomic mass is 32.1. The van der Waals surface area contributed by atoms with E-state index in [0.717, 1.165) is 16.9 Å². The Hall–Kier alpha value is -4.52. The Balaban J connectivity index is 1.47. The number of pyridine rings is 1. The van der Waals surface area contributed by atoms with Gasteiger partial charge < -0.3 is 24.8 Å². The number of anilines is 3. The van der Waals surface area contributed by atoms with Gasteiger partial charge in [-0.25, -0.2) is 9.78 Å². The van der Waals surface area contributed by atoms with E-state index >= 15 is 0 Å². The molecule has 0 aliphatic carbocycles. The lowest BCUT2D eigenvalue weighted by Gasteiger charge is -2.44. The second-order valence-electron chi connectivity index (χ2n) is 10.8. The van der Waals surface area contributed by atoms with Crippen molar-refractivity contribution < 1.29 is 28.6 Å². The van der Waals surface area contributed by atoms with Crippen LogP contribution in [0.15, 0.2) is 60.8 Å². The van der Waals surface area contributed by atoms with Crippen molar-refractivity contribution in [3.05, 3.63) is 71.2 Å². The number of likely N-dealkylation sites (tertiary alicyclic amines) is 1. The summed E-state index contributed by atoms with van der Waals surface area (Å²) >= 11 is 1.15. The number of hydrogen-bond donors (Lipinski definition) is 1. The summed E-state index contributed by atoms with van der Waals surface area (Å²) in [7, 11) is 2.98. The van der Waals surface area contributed by atoms with Crippen molar-refractivity contribution in [1.82, 2.24) is 9.88 Å². The van der Waals surface area contributed by atoms with Crippen molar-refractivity contribution in [1.29, 1.82) is 0 Å². The minimum atomic E-state index is -0.767. The number of amides is 4. The zero-order valence-corrected chi connectivity index (χ0v) is 25.5. The van der Waals surface area contributed by atoms with Gasteiger partial charge in [-0.1, -0.05) is 24.3 Å². The number of carbonyl (C=O) groups excluding carboxylic acids is 3. The number of carbonyl (C=O) groups is 3. The zero-order chi connectivity index (χ0) is 31.0. The number of nitrogens with two attached hydrogens (primary N) is 1. The van der Waals surface area contributed by atoms with Crippen molar-refractivity contribution in [3.63, 3.8) is 0 Å². The normalized spacial score (nSPS) is 17.2. The molecule has 2 atom stereocenters. The highest BCUT2D eigenvalue weighted by Crippen LogP contribution is 2.51. The number of aromatic nitrogens is 1. The first-order valence-corrected chi connectivity index (χ1v) is 15.1. The number of primary amides is 1. The van der Waals surface area contributed by atoms with Crippen molar-refractivity contribution in [3.8, 4) is 11.5 Å². The SMILES string of the molecule is COCC(OC)C(=O)N1CCCC(N2C(=O)N(c3ccccc3Oc3cccc(C)c3)c3ccnc4sc(C(N)=O)c2c34)C1. The number of piperidine rings is 1. The molecule has 4 aromatic rings. The lowest BCUT2D eigenvalue weighted by atomic mass is 10.00. The van der Waals surface area contributed by atoms with Gasteiger partial charge in [-0.05, 0) is 55.7 Å². The van der Waals surface area contributed by atoms with Crippen LogP contribution >= 0.6 is 11.3 Å².